The van der Waals surface area contributed by atoms with Crippen LogP contribution >= 0.6 is 0 Å². The van der Waals surface area contributed by atoms with Crippen molar-refractivity contribution in [2.24, 2.45) is 5.41 Å². The summed E-state index contributed by atoms with van der Waals surface area (Å²) in [5, 5.41) is 12.0. The maximum absolute atomic E-state index is 12.0. The van der Waals surface area contributed by atoms with E-state index >= 15 is 0 Å². The summed E-state index contributed by atoms with van der Waals surface area (Å²) < 4.78 is 5.35. The molecule has 0 radical (unpaired) electrons. The van der Waals surface area contributed by atoms with E-state index in [1.165, 1.54) is 0 Å². The van der Waals surface area contributed by atoms with Gasteiger partial charge < -0.3 is 15.2 Å². The van der Waals surface area contributed by atoms with Gasteiger partial charge >= 0.3 is 5.97 Å². The lowest BCUT2D eigenvalue weighted by Gasteiger charge is -2.36. The lowest BCUT2D eigenvalue weighted by Crippen LogP contribution is -2.41. The first-order valence-corrected chi connectivity index (χ1v) is 6.82. The monoisotopic (exact) mass is 277 g/mol. The van der Waals surface area contributed by atoms with Crippen LogP contribution in [-0.4, -0.2) is 23.6 Å². The molecule has 0 bridgehead atoms. The van der Waals surface area contributed by atoms with Crippen molar-refractivity contribution >= 4 is 17.6 Å². The van der Waals surface area contributed by atoms with Gasteiger partial charge in [-0.15, -0.1) is 0 Å². The molecule has 0 atom stereocenters. The average molecular weight is 277 g/mol. The van der Waals surface area contributed by atoms with E-state index in [2.05, 4.69) is 5.32 Å². The summed E-state index contributed by atoms with van der Waals surface area (Å²) >= 11 is 0. The molecule has 2 rings (SSSR count). The molecule has 1 aliphatic carbocycles. The molecule has 5 heteroatoms. The van der Waals surface area contributed by atoms with Gasteiger partial charge in [-0.3, -0.25) is 9.59 Å². The van der Waals surface area contributed by atoms with E-state index in [-0.39, 0.29) is 12.3 Å². The van der Waals surface area contributed by atoms with E-state index in [4.69, 9.17) is 4.74 Å². The third-order valence-corrected chi connectivity index (χ3v) is 3.69. The standard InChI is InChI=1S/C15H19NO4/c1-2-20-12-6-3-5-11(9-12)16-13(17)10-15(14(18)19)7-4-8-15/h3,5-6,9H,2,4,7-8,10H2,1H3,(H,16,17)(H,18,19). The molecule has 5 nitrogen and oxygen atoms in total. The van der Waals surface area contributed by atoms with Gasteiger partial charge in [0.2, 0.25) is 5.91 Å². The molecule has 20 heavy (non-hydrogen) atoms. The molecule has 1 aromatic carbocycles. The van der Waals surface area contributed by atoms with Gasteiger partial charge in [-0.05, 0) is 31.9 Å². The van der Waals surface area contributed by atoms with Crippen molar-refractivity contribution < 1.29 is 19.4 Å². The minimum absolute atomic E-state index is 0.0290. The molecule has 0 spiro atoms. The first-order chi connectivity index (χ1) is 9.55. The van der Waals surface area contributed by atoms with Crippen molar-refractivity contribution in [3.05, 3.63) is 24.3 Å². The zero-order chi connectivity index (χ0) is 14.6. The normalized spacial score (nSPS) is 16.1. The molecule has 108 valence electrons. The number of ether oxygens (including phenoxy) is 1. The quantitative estimate of drug-likeness (QED) is 0.838. The highest BCUT2D eigenvalue weighted by atomic mass is 16.5. The summed E-state index contributed by atoms with van der Waals surface area (Å²) in [6, 6.07) is 7.09. The van der Waals surface area contributed by atoms with Gasteiger partial charge in [-0.25, -0.2) is 0 Å². The highest BCUT2D eigenvalue weighted by molar-refractivity contribution is 5.94. The molecule has 1 amide bonds. The minimum Gasteiger partial charge on any atom is -0.494 e. The Labute approximate surface area is 117 Å². The van der Waals surface area contributed by atoms with Crippen molar-refractivity contribution in [3.63, 3.8) is 0 Å². The van der Waals surface area contributed by atoms with Gasteiger partial charge in [-0.2, -0.15) is 0 Å². The molecule has 0 aromatic heterocycles. The van der Waals surface area contributed by atoms with Crippen LogP contribution in [-0.2, 0) is 9.59 Å². The first kappa shape index (κ1) is 14.4. The number of aliphatic carboxylic acids is 1. The van der Waals surface area contributed by atoms with Crippen LogP contribution in [0.3, 0.4) is 0 Å². The molecule has 0 unspecified atom stereocenters. The number of carboxylic acids is 1. The summed E-state index contributed by atoms with van der Waals surface area (Å²) in [5.74, 6) is -0.454. The first-order valence-electron chi connectivity index (χ1n) is 6.82. The predicted molar refractivity (Wildman–Crippen MR) is 74.8 cm³/mol. The number of anilines is 1. The second-order valence-corrected chi connectivity index (χ2v) is 5.12. The molecule has 2 N–H and O–H groups in total. The van der Waals surface area contributed by atoms with Gasteiger partial charge in [0.15, 0.2) is 0 Å². The molecule has 1 aromatic rings. The lowest BCUT2D eigenvalue weighted by molar-refractivity contribution is -0.157. The van der Waals surface area contributed by atoms with Crippen molar-refractivity contribution in [1.82, 2.24) is 0 Å². The Balaban J connectivity index is 1.97. The van der Waals surface area contributed by atoms with Crippen LogP contribution in [0.4, 0.5) is 5.69 Å². The maximum atomic E-state index is 12.0. The van der Waals surface area contributed by atoms with E-state index in [0.29, 0.717) is 30.9 Å². The van der Waals surface area contributed by atoms with E-state index in [1.807, 2.05) is 13.0 Å². The molecule has 1 aliphatic rings. The second kappa shape index (κ2) is 5.94. The zero-order valence-electron chi connectivity index (χ0n) is 11.5. The van der Waals surface area contributed by atoms with Crippen molar-refractivity contribution in [2.45, 2.75) is 32.6 Å². The van der Waals surface area contributed by atoms with Crippen LogP contribution in [0.5, 0.6) is 5.75 Å². The molecule has 1 fully saturated rings. The Morgan fingerprint density at radius 2 is 2.15 bits per heavy atom. The fourth-order valence-corrected chi connectivity index (χ4v) is 2.41. The number of nitrogens with one attached hydrogen (secondary N) is 1. The Hall–Kier alpha value is -2.04. The summed E-state index contributed by atoms with van der Waals surface area (Å²) in [6.07, 6.45) is 2.06. The molecule has 0 heterocycles. The topological polar surface area (TPSA) is 75.6 Å². The highest BCUT2D eigenvalue weighted by Gasteiger charge is 2.45. The smallest absolute Gasteiger partial charge is 0.310 e. The Morgan fingerprint density at radius 1 is 1.40 bits per heavy atom. The fourth-order valence-electron chi connectivity index (χ4n) is 2.41. The largest absolute Gasteiger partial charge is 0.494 e. The third kappa shape index (κ3) is 3.10. The number of hydrogen-bond donors (Lipinski definition) is 2. The number of amides is 1. The van der Waals surface area contributed by atoms with E-state index in [1.54, 1.807) is 18.2 Å². The summed E-state index contributed by atoms with van der Waals surface area (Å²) in [5.41, 5.74) is -0.234. The number of carbonyl (C=O) groups is 2. The maximum Gasteiger partial charge on any atom is 0.310 e. The van der Waals surface area contributed by atoms with Crippen molar-refractivity contribution in [3.8, 4) is 5.75 Å². The van der Waals surface area contributed by atoms with Crippen molar-refractivity contribution in [2.75, 3.05) is 11.9 Å². The minimum atomic E-state index is -0.873. The van der Waals surface area contributed by atoms with Crippen LogP contribution in [0.15, 0.2) is 24.3 Å². The SMILES string of the molecule is CCOc1cccc(NC(=O)CC2(C(=O)O)CCC2)c1. The number of rotatable bonds is 6. The highest BCUT2D eigenvalue weighted by Crippen LogP contribution is 2.44. The van der Waals surface area contributed by atoms with E-state index < -0.39 is 11.4 Å². The van der Waals surface area contributed by atoms with Gasteiger partial charge in [0, 0.05) is 18.2 Å². The Morgan fingerprint density at radius 3 is 2.70 bits per heavy atom. The second-order valence-electron chi connectivity index (χ2n) is 5.12. The van der Waals surface area contributed by atoms with Crippen LogP contribution in [0.2, 0.25) is 0 Å². The predicted octanol–water partition coefficient (Wildman–Crippen LogP) is 2.67. The molecular weight excluding hydrogens is 258 g/mol. The number of benzene rings is 1. The summed E-state index contributed by atoms with van der Waals surface area (Å²) in [4.78, 5) is 23.2. The zero-order valence-corrected chi connectivity index (χ0v) is 11.5. The molecule has 1 saturated carbocycles. The van der Waals surface area contributed by atoms with Gasteiger partial charge in [-0.1, -0.05) is 12.5 Å². The van der Waals surface area contributed by atoms with Crippen LogP contribution in [0, 0.1) is 5.41 Å². The van der Waals surface area contributed by atoms with Gasteiger partial charge in [0.1, 0.15) is 5.75 Å². The van der Waals surface area contributed by atoms with Gasteiger partial charge in [0.25, 0.3) is 0 Å². The molecular formula is C15H19NO4. The summed E-state index contributed by atoms with van der Waals surface area (Å²) in [6.45, 7) is 2.44. The van der Waals surface area contributed by atoms with Gasteiger partial charge in [0.05, 0.1) is 12.0 Å². The van der Waals surface area contributed by atoms with Crippen molar-refractivity contribution in [1.29, 1.82) is 0 Å². The van der Waals surface area contributed by atoms with Crippen LogP contribution in [0.1, 0.15) is 32.6 Å². The lowest BCUT2D eigenvalue weighted by atomic mass is 9.66. The molecule has 0 saturated heterocycles. The summed E-state index contributed by atoms with van der Waals surface area (Å²) in [7, 11) is 0. The Bertz CT molecular complexity index is 508. The fraction of sp³-hybridized carbons (Fsp3) is 0.467. The van der Waals surface area contributed by atoms with Crippen LogP contribution < -0.4 is 10.1 Å². The number of carbonyl (C=O) groups excluding carboxylic acids is 1. The Kier molecular flexibility index (Phi) is 4.27. The number of carboxylic acid groups (broad SMARTS) is 1. The third-order valence-electron chi connectivity index (χ3n) is 3.69. The van der Waals surface area contributed by atoms with E-state index in [0.717, 1.165) is 6.42 Å². The number of hydrogen-bond acceptors (Lipinski definition) is 3. The van der Waals surface area contributed by atoms with Crippen LogP contribution in [0.25, 0.3) is 0 Å². The average Bonchev–Trinajstić information content (AvgIpc) is 2.34. The van der Waals surface area contributed by atoms with E-state index in [9.17, 15) is 14.7 Å². The molecule has 0 aliphatic heterocycles.